The zero-order valence-corrected chi connectivity index (χ0v) is 16.2. The van der Waals surface area contributed by atoms with Crippen LogP contribution in [0.2, 0.25) is 0 Å². The van der Waals surface area contributed by atoms with Crippen molar-refractivity contribution in [1.29, 1.82) is 0 Å². The summed E-state index contributed by atoms with van der Waals surface area (Å²) < 4.78 is 26.0. The third-order valence-corrected chi connectivity index (χ3v) is 5.74. The molecule has 1 aromatic rings. The quantitative estimate of drug-likeness (QED) is 0.741. The van der Waals surface area contributed by atoms with E-state index in [0.717, 1.165) is 29.1 Å². The lowest BCUT2D eigenvalue weighted by atomic mass is 10.0. The molecule has 1 N–H and O–H groups in total. The largest absolute Gasteiger partial charge is 0.353 e. The van der Waals surface area contributed by atoms with Crippen molar-refractivity contribution in [3.8, 4) is 0 Å². The molecule has 0 heterocycles. The lowest BCUT2D eigenvalue weighted by molar-refractivity contribution is -0.121. The second-order valence-electron chi connectivity index (χ2n) is 6.87. The fourth-order valence-electron chi connectivity index (χ4n) is 2.40. The second-order valence-corrected chi connectivity index (χ2v) is 8.91. The highest BCUT2D eigenvalue weighted by atomic mass is 32.2. The van der Waals surface area contributed by atoms with E-state index < -0.39 is 10.0 Å². The lowest BCUT2D eigenvalue weighted by Gasteiger charge is -2.19. The molecule has 1 amide bonds. The average Bonchev–Trinajstić information content (AvgIpc) is 2.46. The van der Waals surface area contributed by atoms with E-state index in [9.17, 15) is 13.2 Å². The first-order chi connectivity index (χ1) is 11.1. The van der Waals surface area contributed by atoms with E-state index in [-0.39, 0.29) is 23.4 Å². The Bertz CT molecular complexity index is 624. The molecule has 5 nitrogen and oxygen atoms in total. The molecular formula is C18H30N2O3S. The number of aryl methyl sites for hydroxylation is 1. The minimum Gasteiger partial charge on any atom is -0.353 e. The molecule has 1 atom stereocenters. The molecule has 0 bridgehead atoms. The van der Waals surface area contributed by atoms with E-state index in [1.165, 1.54) is 7.05 Å². The van der Waals surface area contributed by atoms with Crippen LogP contribution < -0.4 is 5.32 Å². The molecule has 0 fully saturated rings. The highest BCUT2D eigenvalue weighted by Crippen LogP contribution is 2.15. The van der Waals surface area contributed by atoms with Crippen LogP contribution >= 0.6 is 0 Å². The van der Waals surface area contributed by atoms with Crippen LogP contribution in [0.15, 0.2) is 29.2 Å². The van der Waals surface area contributed by atoms with Crippen LogP contribution in [0.5, 0.6) is 0 Å². The average molecular weight is 355 g/mol. The minimum atomic E-state index is -3.64. The highest BCUT2D eigenvalue weighted by molar-refractivity contribution is 7.89. The molecule has 0 spiro atoms. The summed E-state index contributed by atoms with van der Waals surface area (Å²) in [6.07, 6.45) is 3.08. The van der Waals surface area contributed by atoms with Gasteiger partial charge in [0, 0.05) is 13.1 Å². The molecule has 1 unspecified atom stereocenters. The third-order valence-electron chi connectivity index (χ3n) is 3.92. The van der Waals surface area contributed by atoms with Gasteiger partial charge in [0.2, 0.25) is 15.9 Å². The zero-order valence-electron chi connectivity index (χ0n) is 15.4. The second kappa shape index (κ2) is 9.18. The SMILES string of the molecule is Cc1ccc(S(=O)(=O)N(C)CC(=O)NC(C)CCCC(C)C)cc1. The molecule has 0 radical (unpaired) electrons. The summed E-state index contributed by atoms with van der Waals surface area (Å²) in [5, 5.41) is 2.87. The Balaban J connectivity index is 2.55. The highest BCUT2D eigenvalue weighted by Gasteiger charge is 2.23. The van der Waals surface area contributed by atoms with E-state index in [0.29, 0.717) is 5.92 Å². The first-order valence-electron chi connectivity index (χ1n) is 8.45. The number of benzene rings is 1. The summed E-state index contributed by atoms with van der Waals surface area (Å²) in [5.41, 5.74) is 0.990. The zero-order chi connectivity index (χ0) is 18.3. The molecule has 136 valence electrons. The molecule has 1 rings (SSSR count). The molecule has 0 aromatic heterocycles. The molecule has 0 saturated carbocycles. The van der Waals surface area contributed by atoms with E-state index in [2.05, 4.69) is 19.2 Å². The summed E-state index contributed by atoms with van der Waals surface area (Å²) in [7, 11) is -2.21. The van der Waals surface area contributed by atoms with Crippen LogP contribution in [0.25, 0.3) is 0 Å². The van der Waals surface area contributed by atoms with Crippen LogP contribution in [0.4, 0.5) is 0 Å². The maximum Gasteiger partial charge on any atom is 0.243 e. The van der Waals surface area contributed by atoms with Crippen molar-refractivity contribution in [1.82, 2.24) is 9.62 Å². The van der Waals surface area contributed by atoms with Gasteiger partial charge in [0.15, 0.2) is 0 Å². The van der Waals surface area contributed by atoms with Crippen LogP contribution in [0.1, 0.15) is 45.6 Å². The molecule has 1 aromatic carbocycles. The van der Waals surface area contributed by atoms with Crippen LogP contribution in [-0.2, 0) is 14.8 Å². The van der Waals surface area contributed by atoms with Gasteiger partial charge in [0.1, 0.15) is 0 Å². The van der Waals surface area contributed by atoms with Gasteiger partial charge in [-0.2, -0.15) is 4.31 Å². The normalized spacial score (nSPS) is 13.3. The Labute approximate surface area is 146 Å². The van der Waals surface area contributed by atoms with Gasteiger partial charge in [-0.15, -0.1) is 0 Å². The van der Waals surface area contributed by atoms with Crippen molar-refractivity contribution in [2.24, 2.45) is 5.92 Å². The van der Waals surface area contributed by atoms with E-state index >= 15 is 0 Å². The molecule has 6 heteroatoms. The number of carbonyl (C=O) groups excluding carboxylic acids is 1. The number of hydrogen-bond donors (Lipinski definition) is 1. The summed E-state index contributed by atoms with van der Waals surface area (Å²) >= 11 is 0. The molecule has 24 heavy (non-hydrogen) atoms. The Morgan fingerprint density at radius 1 is 1.12 bits per heavy atom. The number of rotatable bonds is 9. The fourth-order valence-corrected chi connectivity index (χ4v) is 3.53. The van der Waals surface area contributed by atoms with Gasteiger partial charge in [-0.05, 0) is 38.3 Å². The van der Waals surface area contributed by atoms with Gasteiger partial charge in [0.05, 0.1) is 11.4 Å². The Hall–Kier alpha value is -1.40. The molecule has 0 saturated heterocycles. The maximum atomic E-state index is 12.5. The Kier molecular flexibility index (Phi) is 7.90. The van der Waals surface area contributed by atoms with Gasteiger partial charge < -0.3 is 5.32 Å². The summed E-state index contributed by atoms with van der Waals surface area (Å²) in [6, 6.07) is 6.67. The smallest absolute Gasteiger partial charge is 0.243 e. The monoisotopic (exact) mass is 354 g/mol. The predicted molar refractivity (Wildman–Crippen MR) is 97.3 cm³/mol. The van der Waals surface area contributed by atoms with Gasteiger partial charge in [0.25, 0.3) is 0 Å². The summed E-state index contributed by atoms with van der Waals surface area (Å²) in [6.45, 7) is 8.02. The summed E-state index contributed by atoms with van der Waals surface area (Å²) in [5.74, 6) is 0.379. The van der Waals surface area contributed by atoms with Gasteiger partial charge in [-0.1, -0.05) is 44.4 Å². The van der Waals surface area contributed by atoms with E-state index in [4.69, 9.17) is 0 Å². The molecule has 0 aliphatic carbocycles. The lowest BCUT2D eigenvalue weighted by Crippen LogP contribution is -2.41. The van der Waals surface area contributed by atoms with Crippen molar-refractivity contribution in [2.75, 3.05) is 13.6 Å². The molecule has 0 aliphatic heterocycles. The molecular weight excluding hydrogens is 324 g/mol. The molecule has 0 aliphatic rings. The Morgan fingerprint density at radius 3 is 2.25 bits per heavy atom. The minimum absolute atomic E-state index is 0.0479. The number of amides is 1. The first-order valence-corrected chi connectivity index (χ1v) is 9.89. The number of nitrogens with zero attached hydrogens (tertiary/aromatic N) is 1. The predicted octanol–water partition coefficient (Wildman–Crippen LogP) is 2.95. The van der Waals surface area contributed by atoms with Crippen molar-refractivity contribution >= 4 is 15.9 Å². The Morgan fingerprint density at radius 2 is 1.71 bits per heavy atom. The van der Waals surface area contributed by atoms with Crippen molar-refractivity contribution < 1.29 is 13.2 Å². The summed E-state index contributed by atoms with van der Waals surface area (Å²) in [4.78, 5) is 12.3. The van der Waals surface area contributed by atoms with Crippen LogP contribution in [0, 0.1) is 12.8 Å². The van der Waals surface area contributed by atoms with Crippen molar-refractivity contribution in [3.05, 3.63) is 29.8 Å². The van der Waals surface area contributed by atoms with Crippen molar-refractivity contribution in [2.45, 2.75) is 57.9 Å². The maximum absolute atomic E-state index is 12.5. The van der Waals surface area contributed by atoms with Gasteiger partial charge in [-0.25, -0.2) is 8.42 Å². The topological polar surface area (TPSA) is 66.5 Å². The van der Waals surface area contributed by atoms with E-state index in [1.54, 1.807) is 24.3 Å². The fraction of sp³-hybridized carbons (Fsp3) is 0.611. The van der Waals surface area contributed by atoms with E-state index in [1.807, 2.05) is 13.8 Å². The number of carbonyl (C=O) groups is 1. The first kappa shape index (κ1) is 20.6. The van der Waals surface area contributed by atoms with Gasteiger partial charge in [-0.3, -0.25) is 4.79 Å². The standard InChI is InChI=1S/C18H30N2O3S/c1-14(2)7-6-8-16(4)19-18(21)13-20(5)24(22,23)17-11-9-15(3)10-12-17/h9-12,14,16H,6-8,13H2,1-5H3,(H,19,21). The number of hydrogen-bond acceptors (Lipinski definition) is 3. The van der Waals surface area contributed by atoms with Crippen LogP contribution in [-0.4, -0.2) is 38.3 Å². The van der Waals surface area contributed by atoms with Crippen LogP contribution in [0.3, 0.4) is 0 Å². The number of nitrogens with one attached hydrogen (secondary N) is 1. The van der Waals surface area contributed by atoms with Gasteiger partial charge >= 0.3 is 0 Å². The van der Waals surface area contributed by atoms with Crippen molar-refractivity contribution in [3.63, 3.8) is 0 Å². The number of sulfonamides is 1. The third kappa shape index (κ3) is 6.61. The number of likely N-dealkylation sites (N-methyl/N-ethyl adjacent to an activating group) is 1.